The maximum Gasteiger partial charge on any atom is 0.328 e. The Morgan fingerprint density at radius 2 is 2.28 bits per heavy atom. The van der Waals surface area contributed by atoms with Crippen LogP contribution >= 0.6 is 11.6 Å². The second-order valence-electron chi connectivity index (χ2n) is 4.08. The predicted molar refractivity (Wildman–Crippen MR) is 63.7 cm³/mol. The first-order valence-electron chi connectivity index (χ1n) is 5.44. The molecule has 7 heteroatoms. The van der Waals surface area contributed by atoms with Crippen molar-refractivity contribution in [3.05, 3.63) is 23.0 Å². The summed E-state index contributed by atoms with van der Waals surface area (Å²) < 4.78 is 6.67. The highest BCUT2D eigenvalue weighted by atomic mass is 35.5. The van der Waals surface area contributed by atoms with Crippen molar-refractivity contribution < 1.29 is 19.4 Å². The van der Waals surface area contributed by atoms with Crippen molar-refractivity contribution in [2.24, 2.45) is 7.05 Å². The molecule has 0 radical (unpaired) electrons. The second-order valence-corrected chi connectivity index (χ2v) is 4.52. The molecule has 1 saturated heterocycles. The van der Waals surface area contributed by atoms with Gasteiger partial charge in [0.15, 0.2) is 6.04 Å². The summed E-state index contributed by atoms with van der Waals surface area (Å²) in [6.45, 7) is 0.617. The molecule has 1 aliphatic rings. The number of amides is 1. The van der Waals surface area contributed by atoms with E-state index >= 15 is 0 Å². The SMILES string of the molecule is Cn1cc(Cl)cc1C(=O)N1CCOC[C@H]1C(=O)O. The molecule has 6 nitrogen and oxygen atoms in total. The summed E-state index contributed by atoms with van der Waals surface area (Å²) in [7, 11) is 1.69. The molecule has 1 aromatic heterocycles. The van der Waals surface area contributed by atoms with Gasteiger partial charge in [0.1, 0.15) is 5.69 Å². The van der Waals surface area contributed by atoms with Crippen molar-refractivity contribution in [3.63, 3.8) is 0 Å². The summed E-state index contributed by atoms with van der Waals surface area (Å²) >= 11 is 5.82. The van der Waals surface area contributed by atoms with Crippen LogP contribution in [0.25, 0.3) is 0 Å². The molecule has 0 bridgehead atoms. The fourth-order valence-electron chi connectivity index (χ4n) is 1.94. The third kappa shape index (κ3) is 2.34. The zero-order valence-corrected chi connectivity index (χ0v) is 10.6. The summed E-state index contributed by atoms with van der Waals surface area (Å²) in [5.41, 5.74) is 0.369. The number of ether oxygens (including phenoxy) is 1. The van der Waals surface area contributed by atoms with E-state index in [1.165, 1.54) is 11.0 Å². The number of hydrogen-bond acceptors (Lipinski definition) is 3. The Balaban J connectivity index is 2.26. The summed E-state index contributed by atoms with van der Waals surface area (Å²) in [5, 5.41) is 9.52. The Kier molecular flexibility index (Phi) is 3.58. The zero-order chi connectivity index (χ0) is 13.3. The van der Waals surface area contributed by atoms with E-state index in [9.17, 15) is 9.59 Å². The normalized spacial score (nSPS) is 19.9. The van der Waals surface area contributed by atoms with Crippen LogP contribution in [0.4, 0.5) is 0 Å². The number of nitrogens with zero attached hydrogens (tertiary/aromatic N) is 2. The monoisotopic (exact) mass is 272 g/mol. The van der Waals surface area contributed by atoms with Gasteiger partial charge in [0.05, 0.1) is 18.2 Å². The van der Waals surface area contributed by atoms with Crippen LogP contribution in [0.5, 0.6) is 0 Å². The van der Waals surface area contributed by atoms with Crippen LogP contribution in [0, 0.1) is 0 Å². The highest BCUT2D eigenvalue weighted by molar-refractivity contribution is 6.31. The molecule has 0 aromatic carbocycles. The molecular formula is C11H13ClN2O4. The number of aliphatic carboxylic acids is 1. The van der Waals surface area contributed by atoms with E-state index in [4.69, 9.17) is 21.4 Å². The number of carboxylic acids is 1. The van der Waals surface area contributed by atoms with Gasteiger partial charge in [0.25, 0.3) is 5.91 Å². The van der Waals surface area contributed by atoms with Crippen molar-refractivity contribution >= 4 is 23.5 Å². The largest absolute Gasteiger partial charge is 0.480 e. The van der Waals surface area contributed by atoms with Gasteiger partial charge in [0, 0.05) is 19.8 Å². The average Bonchev–Trinajstić information content (AvgIpc) is 2.67. The van der Waals surface area contributed by atoms with Gasteiger partial charge < -0.3 is 19.3 Å². The predicted octanol–water partition coefficient (Wildman–Crippen LogP) is 0.604. The number of halogens is 1. The van der Waals surface area contributed by atoms with Crippen molar-refractivity contribution in [2.45, 2.75) is 6.04 Å². The summed E-state index contributed by atoms with van der Waals surface area (Å²) in [4.78, 5) is 24.7. The van der Waals surface area contributed by atoms with Crippen LogP contribution in [-0.2, 0) is 16.6 Å². The number of carbonyl (C=O) groups is 2. The molecule has 1 aromatic rings. The number of aromatic nitrogens is 1. The molecule has 1 fully saturated rings. The van der Waals surface area contributed by atoms with Crippen LogP contribution in [0.2, 0.25) is 5.02 Å². The molecule has 1 aliphatic heterocycles. The molecule has 0 unspecified atom stereocenters. The standard InChI is InChI=1S/C11H13ClN2O4/c1-13-5-7(12)4-8(13)10(15)14-2-3-18-6-9(14)11(16)17/h4-5,9H,2-3,6H2,1H3,(H,16,17)/t9-/m0/s1. The Morgan fingerprint density at radius 1 is 1.56 bits per heavy atom. The van der Waals surface area contributed by atoms with Crippen LogP contribution in [0.1, 0.15) is 10.5 Å². The van der Waals surface area contributed by atoms with E-state index in [0.29, 0.717) is 17.3 Å². The van der Waals surface area contributed by atoms with Gasteiger partial charge in [-0.1, -0.05) is 11.6 Å². The average molecular weight is 273 g/mol. The van der Waals surface area contributed by atoms with E-state index in [2.05, 4.69) is 0 Å². The first kappa shape index (κ1) is 12.9. The molecule has 18 heavy (non-hydrogen) atoms. The second kappa shape index (κ2) is 4.99. The lowest BCUT2D eigenvalue weighted by Crippen LogP contribution is -2.52. The highest BCUT2D eigenvalue weighted by Crippen LogP contribution is 2.17. The molecule has 0 saturated carbocycles. The third-order valence-corrected chi connectivity index (χ3v) is 3.07. The van der Waals surface area contributed by atoms with Crippen LogP contribution in [0.15, 0.2) is 12.3 Å². The summed E-state index contributed by atoms with van der Waals surface area (Å²) in [5.74, 6) is -1.41. The highest BCUT2D eigenvalue weighted by Gasteiger charge is 2.34. The Morgan fingerprint density at radius 3 is 2.83 bits per heavy atom. The van der Waals surface area contributed by atoms with E-state index in [-0.39, 0.29) is 19.1 Å². The molecule has 1 atom stereocenters. The van der Waals surface area contributed by atoms with Gasteiger partial charge in [-0.05, 0) is 6.07 Å². The first-order chi connectivity index (χ1) is 8.50. The molecule has 98 valence electrons. The van der Waals surface area contributed by atoms with Gasteiger partial charge in [-0.3, -0.25) is 4.79 Å². The quantitative estimate of drug-likeness (QED) is 0.856. The Hall–Kier alpha value is -1.53. The molecular weight excluding hydrogens is 260 g/mol. The van der Waals surface area contributed by atoms with Gasteiger partial charge in [-0.2, -0.15) is 0 Å². The number of hydrogen-bond donors (Lipinski definition) is 1. The molecule has 1 N–H and O–H groups in total. The molecule has 0 spiro atoms. The van der Waals surface area contributed by atoms with Crippen LogP contribution < -0.4 is 0 Å². The van der Waals surface area contributed by atoms with Gasteiger partial charge in [-0.15, -0.1) is 0 Å². The van der Waals surface area contributed by atoms with E-state index in [0.717, 1.165) is 0 Å². The lowest BCUT2D eigenvalue weighted by atomic mass is 10.2. The van der Waals surface area contributed by atoms with E-state index < -0.39 is 12.0 Å². The first-order valence-corrected chi connectivity index (χ1v) is 5.82. The summed E-state index contributed by atoms with van der Waals surface area (Å²) in [6.07, 6.45) is 1.60. The number of morpholine rings is 1. The number of rotatable bonds is 2. The third-order valence-electron chi connectivity index (χ3n) is 2.87. The fraction of sp³-hybridized carbons (Fsp3) is 0.455. The minimum atomic E-state index is -1.07. The Labute approximate surface area is 109 Å². The van der Waals surface area contributed by atoms with Crippen LogP contribution in [0.3, 0.4) is 0 Å². The molecule has 0 aliphatic carbocycles. The van der Waals surface area contributed by atoms with Crippen molar-refractivity contribution in [1.82, 2.24) is 9.47 Å². The zero-order valence-electron chi connectivity index (χ0n) is 9.80. The molecule has 1 amide bonds. The number of carboxylic acid groups (broad SMARTS) is 1. The van der Waals surface area contributed by atoms with Crippen molar-refractivity contribution in [1.29, 1.82) is 0 Å². The Bertz CT molecular complexity index is 485. The lowest BCUT2D eigenvalue weighted by Gasteiger charge is -2.32. The molecule has 2 heterocycles. The van der Waals surface area contributed by atoms with Gasteiger partial charge in [0.2, 0.25) is 0 Å². The smallest absolute Gasteiger partial charge is 0.328 e. The van der Waals surface area contributed by atoms with Gasteiger partial charge >= 0.3 is 5.97 Å². The summed E-state index contributed by atoms with van der Waals surface area (Å²) in [6, 6.07) is 0.582. The fourth-order valence-corrected chi connectivity index (χ4v) is 2.19. The van der Waals surface area contributed by atoms with Crippen molar-refractivity contribution in [3.8, 4) is 0 Å². The van der Waals surface area contributed by atoms with Gasteiger partial charge in [-0.25, -0.2) is 4.79 Å². The topological polar surface area (TPSA) is 71.8 Å². The number of aryl methyl sites for hydroxylation is 1. The molecule has 2 rings (SSSR count). The lowest BCUT2D eigenvalue weighted by molar-refractivity contribution is -0.147. The minimum absolute atomic E-state index is 0.0131. The minimum Gasteiger partial charge on any atom is -0.480 e. The van der Waals surface area contributed by atoms with Crippen molar-refractivity contribution in [2.75, 3.05) is 19.8 Å². The number of carbonyl (C=O) groups excluding carboxylic acids is 1. The van der Waals surface area contributed by atoms with E-state index in [1.54, 1.807) is 17.8 Å². The van der Waals surface area contributed by atoms with Crippen LogP contribution in [-0.4, -0.2) is 52.3 Å². The maximum atomic E-state index is 12.3. The maximum absolute atomic E-state index is 12.3. The van der Waals surface area contributed by atoms with E-state index in [1.807, 2.05) is 0 Å².